The van der Waals surface area contributed by atoms with Gasteiger partial charge < -0.3 is 15.4 Å². The summed E-state index contributed by atoms with van der Waals surface area (Å²) in [6.45, 7) is 2.85. The van der Waals surface area contributed by atoms with Crippen molar-refractivity contribution in [3.63, 3.8) is 0 Å². The quantitative estimate of drug-likeness (QED) is 0.900. The fourth-order valence-corrected chi connectivity index (χ4v) is 3.46. The van der Waals surface area contributed by atoms with Crippen LogP contribution in [0, 0.1) is 0 Å². The van der Waals surface area contributed by atoms with E-state index in [0.717, 1.165) is 41.8 Å². The molecule has 120 valence electrons. The zero-order valence-corrected chi connectivity index (χ0v) is 14.3. The van der Waals surface area contributed by atoms with Crippen molar-refractivity contribution in [1.82, 2.24) is 10.3 Å². The smallest absolute Gasteiger partial charge is 0.246 e. The Hall–Kier alpha value is -1.37. The number of anilines is 1. The van der Waals surface area contributed by atoms with Crippen LogP contribution in [0.1, 0.15) is 26.2 Å². The summed E-state index contributed by atoms with van der Waals surface area (Å²) in [5, 5.41) is 6.89. The molecule has 0 spiro atoms. The first-order chi connectivity index (χ1) is 10.1. The van der Waals surface area contributed by atoms with Crippen molar-refractivity contribution in [2.75, 3.05) is 19.0 Å². The van der Waals surface area contributed by atoms with Crippen molar-refractivity contribution in [2.24, 2.45) is 0 Å². The van der Waals surface area contributed by atoms with Gasteiger partial charge in [0, 0.05) is 0 Å². The number of carbonyl (C=O) groups excluding carboxylic acids is 1. The molecule has 1 saturated heterocycles. The average Bonchev–Trinajstić information content (AvgIpc) is 2.89. The summed E-state index contributed by atoms with van der Waals surface area (Å²) in [4.78, 5) is 16.9. The Morgan fingerprint density at radius 2 is 2.27 bits per heavy atom. The molecule has 2 N–H and O–H groups in total. The van der Waals surface area contributed by atoms with Gasteiger partial charge in [-0.15, -0.1) is 12.4 Å². The maximum absolute atomic E-state index is 12.5. The Morgan fingerprint density at radius 1 is 1.45 bits per heavy atom. The molecule has 0 bridgehead atoms. The molecule has 1 fully saturated rings. The van der Waals surface area contributed by atoms with Crippen molar-refractivity contribution >= 4 is 45.0 Å². The molecule has 2 aromatic rings. The summed E-state index contributed by atoms with van der Waals surface area (Å²) in [6, 6.07) is 5.71. The zero-order chi connectivity index (χ0) is 14.9. The minimum Gasteiger partial charge on any atom is -0.497 e. The number of nitrogens with one attached hydrogen (secondary N) is 2. The number of carbonyl (C=O) groups is 1. The molecule has 5 nitrogen and oxygen atoms in total. The summed E-state index contributed by atoms with van der Waals surface area (Å²) in [6.07, 6.45) is 3.06. The highest BCUT2D eigenvalue weighted by molar-refractivity contribution is 7.22. The van der Waals surface area contributed by atoms with E-state index in [4.69, 9.17) is 4.74 Å². The molecule has 1 aromatic heterocycles. The Labute approximate surface area is 139 Å². The summed E-state index contributed by atoms with van der Waals surface area (Å²) >= 11 is 1.47. The van der Waals surface area contributed by atoms with E-state index in [1.54, 1.807) is 7.11 Å². The second-order valence-corrected chi connectivity index (χ2v) is 6.55. The molecule has 7 heteroatoms. The molecule has 22 heavy (non-hydrogen) atoms. The van der Waals surface area contributed by atoms with Crippen LogP contribution in [0.2, 0.25) is 0 Å². The van der Waals surface area contributed by atoms with Gasteiger partial charge in [-0.05, 0) is 50.9 Å². The van der Waals surface area contributed by atoms with Gasteiger partial charge in [0.05, 0.1) is 22.9 Å². The predicted octanol–water partition coefficient (Wildman–Crippen LogP) is 3.20. The van der Waals surface area contributed by atoms with Gasteiger partial charge in [-0.3, -0.25) is 4.79 Å². The lowest BCUT2D eigenvalue weighted by molar-refractivity contribution is -0.122. The van der Waals surface area contributed by atoms with E-state index < -0.39 is 5.54 Å². The van der Waals surface area contributed by atoms with E-state index >= 15 is 0 Å². The van der Waals surface area contributed by atoms with Crippen LogP contribution in [0.15, 0.2) is 18.2 Å². The van der Waals surface area contributed by atoms with Gasteiger partial charge in [-0.2, -0.15) is 0 Å². The number of thiazole rings is 1. The third kappa shape index (κ3) is 3.34. The number of rotatable bonds is 3. The van der Waals surface area contributed by atoms with Gasteiger partial charge in [0.25, 0.3) is 0 Å². The van der Waals surface area contributed by atoms with Crippen LogP contribution in [-0.2, 0) is 4.79 Å². The van der Waals surface area contributed by atoms with Crippen LogP contribution in [0.3, 0.4) is 0 Å². The highest BCUT2D eigenvalue weighted by atomic mass is 35.5. The number of halogens is 1. The van der Waals surface area contributed by atoms with Crippen molar-refractivity contribution in [3.05, 3.63) is 18.2 Å². The standard InChI is InChI=1S/C15H19N3O2S.ClH/c1-15(7-3-4-8-16-15)13(19)18-14-17-11-6-5-10(20-2)9-12(11)21-14;/h5-6,9,16H,3-4,7-8H2,1-2H3,(H,17,18,19);1H. The molecule has 3 rings (SSSR count). The molecule has 0 saturated carbocycles. The summed E-state index contributed by atoms with van der Waals surface area (Å²) in [7, 11) is 1.64. The second-order valence-electron chi connectivity index (χ2n) is 5.52. The topological polar surface area (TPSA) is 63.2 Å². The molecule has 0 radical (unpaired) electrons. The van der Waals surface area contributed by atoms with E-state index in [0.29, 0.717) is 5.13 Å². The molecular weight excluding hydrogens is 322 g/mol. The molecule has 0 aliphatic carbocycles. The Bertz CT molecular complexity index is 668. The minimum absolute atomic E-state index is 0. The third-order valence-electron chi connectivity index (χ3n) is 3.94. The van der Waals surface area contributed by atoms with Gasteiger partial charge in [-0.25, -0.2) is 4.98 Å². The number of nitrogens with zero attached hydrogens (tertiary/aromatic N) is 1. The number of benzene rings is 1. The van der Waals surface area contributed by atoms with Gasteiger partial charge in [0.2, 0.25) is 5.91 Å². The molecule has 1 unspecified atom stereocenters. The van der Waals surface area contributed by atoms with Crippen LogP contribution in [0.5, 0.6) is 5.75 Å². The molecular formula is C15H20ClN3O2S. The van der Waals surface area contributed by atoms with Crippen LogP contribution in [0.25, 0.3) is 10.2 Å². The number of piperidine rings is 1. The van der Waals surface area contributed by atoms with E-state index in [-0.39, 0.29) is 18.3 Å². The Kier molecular flexibility index (Phi) is 5.26. The van der Waals surface area contributed by atoms with Crippen LogP contribution >= 0.6 is 23.7 Å². The van der Waals surface area contributed by atoms with Gasteiger partial charge >= 0.3 is 0 Å². The summed E-state index contributed by atoms with van der Waals surface area (Å²) < 4.78 is 6.21. The SMILES string of the molecule is COc1ccc2nc(NC(=O)C3(C)CCCCN3)sc2c1.Cl. The lowest BCUT2D eigenvalue weighted by atomic mass is 9.90. The first-order valence-corrected chi connectivity index (χ1v) is 7.93. The maximum Gasteiger partial charge on any atom is 0.246 e. The van der Waals surface area contributed by atoms with Crippen LogP contribution in [0.4, 0.5) is 5.13 Å². The van der Waals surface area contributed by atoms with E-state index in [1.807, 2.05) is 25.1 Å². The Morgan fingerprint density at radius 3 is 2.95 bits per heavy atom. The fourth-order valence-electron chi connectivity index (χ4n) is 2.57. The van der Waals surface area contributed by atoms with Gasteiger partial charge in [0.1, 0.15) is 5.75 Å². The lowest BCUT2D eigenvalue weighted by Gasteiger charge is -2.33. The van der Waals surface area contributed by atoms with Crippen LogP contribution in [-0.4, -0.2) is 30.1 Å². The number of hydrogen-bond donors (Lipinski definition) is 2. The number of hydrogen-bond acceptors (Lipinski definition) is 5. The van der Waals surface area contributed by atoms with Crippen molar-refractivity contribution < 1.29 is 9.53 Å². The zero-order valence-electron chi connectivity index (χ0n) is 12.6. The summed E-state index contributed by atoms with van der Waals surface area (Å²) in [5.41, 5.74) is 0.381. The predicted molar refractivity (Wildman–Crippen MR) is 92.3 cm³/mol. The highest BCUT2D eigenvalue weighted by Crippen LogP contribution is 2.30. The molecule has 1 aliphatic heterocycles. The van der Waals surface area contributed by atoms with Crippen molar-refractivity contribution in [2.45, 2.75) is 31.7 Å². The summed E-state index contributed by atoms with van der Waals surface area (Å²) in [5.74, 6) is 0.790. The molecule has 1 atom stereocenters. The molecule has 1 amide bonds. The fraction of sp³-hybridized carbons (Fsp3) is 0.467. The average molecular weight is 342 g/mol. The highest BCUT2D eigenvalue weighted by Gasteiger charge is 2.34. The van der Waals surface area contributed by atoms with E-state index in [9.17, 15) is 4.79 Å². The van der Waals surface area contributed by atoms with Gasteiger partial charge in [0.15, 0.2) is 5.13 Å². The number of fused-ring (bicyclic) bond motifs is 1. The Balaban J connectivity index is 0.00000176. The number of methoxy groups -OCH3 is 1. The van der Waals surface area contributed by atoms with E-state index in [2.05, 4.69) is 15.6 Å². The third-order valence-corrected chi connectivity index (χ3v) is 4.87. The largest absolute Gasteiger partial charge is 0.497 e. The van der Waals surface area contributed by atoms with Crippen molar-refractivity contribution in [3.8, 4) is 5.75 Å². The molecule has 2 heterocycles. The minimum atomic E-state index is -0.492. The first kappa shape index (κ1) is 17.0. The lowest BCUT2D eigenvalue weighted by Crippen LogP contribution is -2.54. The van der Waals surface area contributed by atoms with E-state index in [1.165, 1.54) is 11.3 Å². The second kappa shape index (κ2) is 6.81. The normalized spacial score (nSPS) is 21.2. The number of aromatic nitrogens is 1. The molecule has 1 aliphatic rings. The molecule has 1 aromatic carbocycles. The maximum atomic E-state index is 12.5. The first-order valence-electron chi connectivity index (χ1n) is 7.12. The van der Waals surface area contributed by atoms with Crippen molar-refractivity contribution in [1.29, 1.82) is 0 Å². The van der Waals surface area contributed by atoms with Crippen LogP contribution < -0.4 is 15.4 Å². The monoisotopic (exact) mass is 341 g/mol. The number of ether oxygens (including phenoxy) is 1. The van der Waals surface area contributed by atoms with Gasteiger partial charge in [-0.1, -0.05) is 11.3 Å². The number of amides is 1.